The first-order valence-corrected chi connectivity index (χ1v) is 10.3. The molecule has 1 aliphatic rings. The normalized spacial score (nSPS) is 15.8. The fraction of sp³-hybridized carbons (Fsp3) is 0.400. The van der Waals surface area contributed by atoms with E-state index < -0.39 is 29.4 Å². The lowest BCUT2D eigenvalue weighted by atomic mass is 9.87. The Bertz CT molecular complexity index is 1040. The number of rotatable bonds is 7. The number of hydrogen-bond donors (Lipinski definition) is 0. The van der Waals surface area contributed by atoms with Crippen molar-refractivity contribution in [3.63, 3.8) is 0 Å². The van der Waals surface area contributed by atoms with E-state index in [1.54, 1.807) is 32.2 Å². The molecule has 1 aliphatic heterocycles. The third-order valence-electron chi connectivity index (χ3n) is 5.47. The summed E-state index contributed by atoms with van der Waals surface area (Å²) in [4.78, 5) is 12.0. The van der Waals surface area contributed by atoms with E-state index in [0.717, 1.165) is 5.56 Å². The van der Waals surface area contributed by atoms with Crippen molar-refractivity contribution in [3.05, 3.63) is 52.8 Å². The molecular weight excluding hydrogens is 415 g/mol. The van der Waals surface area contributed by atoms with Crippen LogP contribution in [-0.4, -0.2) is 32.9 Å². The number of esters is 1. The zero-order valence-corrected chi connectivity index (χ0v) is 19.4. The number of fused-ring (bicyclic) bond motifs is 1. The minimum Gasteiger partial charge on any atom is -0.496 e. The average molecular weight is 444 g/mol. The van der Waals surface area contributed by atoms with Gasteiger partial charge in [0, 0.05) is 18.4 Å². The van der Waals surface area contributed by atoms with Crippen LogP contribution in [0.15, 0.2) is 30.3 Å². The molecule has 6 nitrogen and oxygen atoms in total. The first-order chi connectivity index (χ1) is 15.1. The van der Waals surface area contributed by atoms with Crippen molar-refractivity contribution in [3.8, 4) is 23.0 Å². The van der Waals surface area contributed by atoms with Crippen LogP contribution in [0, 0.1) is 5.82 Å². The summed E-state index contributed by atoms with van der Waals surface area (Å²) in [5.41, 5.74) is 1.21. The predicted molar refractivity (Wildman–Crippen MR) is 119 cm³/mol. The molecule has 0 aliphatic carbocycles. The molecule has 0 bridgehead atoms. The molecule has 2 atom stereocenters. The molecule has 0 unspecified atom stereocenters. The number of methoxy groups -OCH3 is 3. The molecule has 2 aromatic rings. The lowest BCUT2D eigenvalue weighted by molar-refractivity contribution is -0.147. The van der Waals surface area contributed by atoms with E-state index >= 15 is 4.39 Å². The quantitative estimate of drug-likeness (QED) is 0.530. The Labute approximate surface area is 187 Å². The zero-order valence-electron chi connectivity index (χ0n) is 19.4. The SMILES string of the molecule is COc1ccc([C@H](C)[C@H](OC(C)=O)c2ccc3c(c2OC)C=CC(C)(C)O3)c(F)c1OC. The third kappa shape index (κ3) is 4.38. The first-order valence-electron chi connectivity index (χ1n) is 10.3. The standard InChI is InChI=1S/C25H29FO6/c1-14(16-8-11-20(28-5)24(30-7)21(16)26)22(31-15(2)27)18-9-10-19-17(23(18)29-6)12-13-25(3,4)32-19/h8-14,22H,1-7H3/t14-,22-/m0/s1. The second-order valence-electron chi connectivity index (χ2n) is 8.16. The summed E-state index contributed by atoms with van der Waals surface area (Å²) in [6.07, 6.45) is 3.04. The summed E-state index contributed by atoms with van der Waals surface area (Å²) in [6, 6.07) is 6.83. The lowest BCUT2D eigenvalue weighted by Gasteiger charge is -2.31. The van der Waals surface area contributed by atoms with Crippen LogP contribution in [0.3, 0.4) is 0 Å². The first kappa shape index (κ1) is 23.4. The Kier molecular flexibility index (Phi) is 6.67. The van der Waals surface area contributed by atoms with Crippen LogP contribution < -0.4 is 18.9 Å². The molecule has 0 saturated heterocycles. The van der Waals surface area contributed by atoms with E-state index in [1.807, 2.05) is 32.1 Å². The van der Waals surface area contributed by atoms with Gasteiger partial charge >= 0.3 is 5.97 Å². The molecule has 0 N–H and O–H groups in total. The fourth-order valence-corrected chi connectivity index (χ4v) is 3.93. The van der Waals surface area contributed by atoms with Crippen molar-refractivity contribution < 1.29 is 32.9 Å². The highest BCUT2D eigenvalue weighted by Crippen LogP contribution is 2.46. The predicted octanol–water partition coefficient (Wildman–Crippen LogP) is 5.44. The summed E-state index contributed by atoms with van der Waals surface area (Å²) in [5.74, 6) is -0.182. The lowest BCUT2D eigenvalue weighted by Crippen LogP contribution is -2.28. The van der Waals surface area contributed by atoms with Gasteiger partial charge in [0.1, 0.15) is 23.2 Å². The van der Waals surface area contributed by atoms with Gasteiger partial charge < -0.3 is 23.7 Å². The van der Waals surface area contributed by atoms with Gasteiger partial charge in [0.05, 0.1) is 26.9 Å². The topological polar surface area (TPSA) is 63.2 Å². The maximum Gasteiger partial charge on any atom is 0.303 e. The minimum absolute atomic E-state index is 0.00519. The Balaban J connectivity index is 2.13. The van der Waals surface area contributed by atoms with Gasteiger partial charge in [0.25, 0.3) is 0 Å². The van der Waals surface area contributed by atoms with Gasteiger partial charge in [-0.1, -0.05) is 13.0 Å². The average Bonchev–Trinajstić information content (AvgIpc) is 2.75. The van der Waals surface area contributed by atoms with Crippen molar-refractivity contribution in [2.24, 2.45) is 0 Å². The molecular formula is C25H29FO6. The van der Waals surface area contributed by atoms with Crippen molar-refractivity contribution >= 4 is 12.0 Å². The monoisotopic (exact) mass is 444 g/mol. The van der Waals surface area contributed by atoms with Gasteiger partial charge in [-0.25, -0.2) is 4.39 Å². The van der Waals surface area contributed by atoms with E-state index in [0.29, 0.717) is 22.6 Å². The second-order valence-corrected chi connectivity index (χ2v) is 8.16. The molecule has 0 saturated carbocycles. The van der Waals surface area contributed by atoms with E-state index in [1.165, 1.54) is 21.1 Å². The van der Waals surface area contributed by atoms with Gasteiger partial charge in [0.2, 0.25) is 0 Å². The summed E-state index contributed by atoms with van der Waals surface area (Å²) >= 11 is 0. The molecule has 32 heavy (non-hydrogen) atoms. The Morgan fingerprint density at radius 3 is 2.25 bits per heavy atom. The van der Waals surface area contributed by atoms with E-state index in [2.05, 4.69) is 0 Å². The van der Waals surface area contributed by atoms with Crippen molar-refractivity contribution in [1.29, 1.82) is 0 Å². The highest BCUT2D eigenvalue weighted by molar-refractivity contribution is 5.71. The van der Waals surface area contributed by atoms with Crippen molar-refractivity contribution in [2.75, 3.05) is 21.3 Å². The smallest absolute Gasteiger partial charge is 0.303 e. The van der Waals surface area contributed by atoms with E-state index in [9.17, 15) is 4.79 Å². The number of carbonyl (C=O) groups is 1. The van der Waals surface area contributed by atoms with Gasteiger partial charge in [-0.05, 0) is 49.8 Å². The number of carbonyl (C=O) groups excluding carboxylic acids is 1. The molecule has 3 rings (SSSR count). The number of hydrogen-bond acceptors (Lipinski definition) is 6. The Morgan fingerprint density at radius 1 is 1.00 bits per heavy atom. The highest BCUT2D eigenvalue weighted by Gasteiger charge is 2.33. The summed E-state index contributed by atoms with van der Waals surface area (Å²) in [5, 5.41) is 0. The maximum atomic E-state index is 15.3. The van der Waals surface area contributed by atoms with Crippen molar-refractivity contribution in [1.82, 2.24) is 0 Å². The van der Waals surface area contributed by atoms with Crippen LogP contribution in [0.4, 0.5) is 4.39 Å². The summed E-state index contributed by atoms with van der Waals surface area (Å²) in [6.45, 7) is 7.01. The van der Waals surface area contributed by atoms with Gasteiger partial charge in [-0.15, -0.1) is 0 Å². The summed E-state index contributed by atoms with van der Waals surface area (Å²) in [7, 11) is 4.36. The molecule has 0 radical (unpaired) electrons. The molecule has 0 aromatic heterocycles. The molecule has 172 valence electrons. The van der Waals surface area contributed by atoms with Crippen LogP contribution in [-0.2, 0) is 9.53 Å². The largest absolute Gasteiger partial charge is 0.496 e. The molecule has 0 fully saturated rings. The summed E-state index contributed by atoms with van der Waals surface area (Å²) < 4.78 is 43.1. The van der Waals surface area contributed by atoms with Crippen LogP contribution in [0.5, 0.6) is 23.0 Å². The zero-order chi connectivity index (χ0) is 23.6. The Morgan fingerprint density at radius 2 is 1.66 bits per heavy atom. The molecule has 0 spiro atoms. The van der Waals surface area contributed by atoms with Crippen LogP contribution in [0.1, 0.15) is 56.4 Å². The van der Waals surface area contributed by atoms with Crippen molar-refractivity contribution in [2.45, 2.75) is 45.3 Å². The third-order valence-corrected chi connectivity index (χ3v) is 5.47. The molecule has 2 aromatic carbocycles. The van der Waals surface area contributed by atoms with Crippen LogP contribution in [0.2, 0.25) is 0 Å². The van der Waals surface area contributed by atoms with Gasteiger partial charge in [0.15, 0.2) is 17.3 Å². The van der Waals surface area contributed by atoms with Gasteiger partial charge in [-0.2, -0.15) is 0 Å². The number of benzene rings is 2. The fourth-order valence-electron chi connectivity index (χ4n) is 3.93. The second kappa shape index (κ2) is 9.10. The number of halogens is 1. The van der Waals surface area contributed by atoms with E-state index in [-0.39, 0.29) is 11.5 Å². The van der Waals surface area contributed by atoms with E-state index in [4.69, 9.17) is 23.7 Å². The number of ether oxygens (including phenoxy) is 5. The molecule has 7 heteroatoms. The molecule has 1 heterocycles. The minimum atomic E-state index is -0.816. The van der Waals surface area contributed by atoms with Gasteiger partial charge in [-0.3, -0.25) is 4.79 Å². The highest BCUT2D eigenvalue weighted by atomic mass is 19.1. The maximum absolute atomic E-state index is 15.3. The Hall–Kier alpha value is -3.22. The van der Waals surface area contributed by atoms with Crippen LogP contribution >= 0.6 is 0 Å². The molecule has 0 amide bonds. The van der Waals surface area contributed by atoms with Crippen LogP contribution in [0.25, 0.3) is 6.08 Å².